The van der Waals surface area contributed by atoms with Crippen LogP contribution in [0.15, 0.2) is 24.5 Å². The molecule has 0 radical (unpaired) electrons. The van der Waals surface area contributed by atoms with Crippen molar-refractivity contribution in [3.63, 3.8) is 0 Å². The normalized spacial score (nSPS) is 10.4. The van der Waals surface area contributed by atoms with Gasteiger partial charge in [0.2, 0.25) is 0 Å². The van der Waals surface area contributed by atoms with Gasteiger partial charge in [-0.15, -0.1) is 0 Å². The first-order valence-corrected chi connectivity index (χ1v) is 5.07. The number of carbonyl (C=O) groups is 1. The lowest BCUT2D eigenvalue weighted by atomic mass is 10.1. The number of H-pyrrole nitrogens is 1. The highest BCUT2D eigenvalue weighted by molar-refractivity contribution is 6.37. The second-order valence-electron chi connectivity index (χ2n) is 3.06. The molecule has 0 unspecified atom stereocenters. The van der Waals surface area contributed by atoms with E-state index < -0.39 is 5.97 Å². The van der Waals surface area contributed by atoms with E-state index in [9.17, 15) is 4.79 Å². The Bertz CT molecular complexity index is 538. The van der Waals surface area contributed by atoms with Crippen molar-refractivity contribution in [2.45, 2.75) is 0 Å². The lowest BCUT2D eigenvalue weighted by Crippen LogP contribution is -2.02. The molecule has 0 aliphatic heterocycles. The van der Waals surface area contributed by atoms with Crippen LogP contribution in [0.1, 0.15) is 10.5 Å². The van der Waals surface area contributed by atoms with Gasteiger partial charge in [-0.3, -0.25) is 0 Å². The Morgan fingerprint density at radius 1 is 1.44 bits per heavy atom. The van der Waals surface area contributed by atoms with Crippen LogP contribution in [0.5, 0.6) is 0 Å². The number of nitrogens with one attached hydrogen (secondary N) is 1. The van der Waals surface area contributed by atoms with Gasteiger partial charge in [0, 0.05) is 23.5 Å². The number of aromatic nitrogens is 2. The summed E-state index contributed by atoms with van der Waals surface area (Å²) in [4.78, 5) is 17.4. The molecule has 0 atom stereocenters. The number of hydrogen-bond donors (Lipinski definition) is 2. The van der Waals surface area contributed by atoms with Gasteiger partial charge in [-0.05, 0) is 12.1 Å². The summed E-state index contributed by atoms with van der Waals surface area (Å²) in [6.45, 7) is 0. The van der Waals surface area contributed by atoms with Crippen molar-refractivity contribution in [2.75, 3.05) is 0 Å². The number of hydrogen-bond acceptors (Lipinski definition) is 2. The molecule has 0 spiro atoms. The van der Waals surface area contributed by atoms with Crippen molar-refractivity contribution in [1.29, 1.82) is 0 Å². The molecule has 0 saturated carbocycles. The maximum absolute atomic E-state index is 10.9. The number of aromatic amines is 1. The molecule has 6 heteroatoms. The summed E-state index contributed by atoms with van der Waals surface area (Å²) >= 11 is 11.7. The van der Waals surface area contributed by atoms with Gasteiger partial charge in [0.1, 0.15) is 5.15 Å². The van der Waals surface area contributed by atoms with E-state index in [1.165, 1.54) is 6.07 Å². The van der Waals surface area contributed by atoms with E-state index in [2.05, 4.69) is 9.97 Å². The van der Waals surface area contributed by atoms with Gasteiger partial charge in [-0.25, -0.2) is 9.78 Å². The van der Waals surface area contributed by atoms with E-state index in [1.807, 2.05) is 0 Å². The third-order valence-electron chi connectivity index (χ3n) is 2.04. The number of carboxylic acids is 1. The first-order valence-electron chi connectivity index (χ1n) is 4.32. The monoisotopic (exact) mass is 256 g/mol. The van der Waals surface area contributed by atoms with Crippen molar-refractivity contribution in [1.82, 2.24) is 9.97 Å². The number of carboxylic acid groups (broad SMARTS) is 1. The predicted octanol–water partition coefficient (Wildman–Crippen LogP) is 3.08. The summed E-state index contributed by atoms with van der Waals surface area (Å²) in [5.41, 5.74) is 1.06. The molecule has 2 aromatic heterocycles. The minimum Gasteiger partial charge on any atom is -0.476 e. The number of nitrogens with zero attached hydrogens (tertiary/aromatic N) is 1. The fraction of sp³-hybridized carbons (Fsp3) is 0. The standard InChI is InChI=1S/C10H6Cl2N2O2/c11-7-3-6(5-1-2-13-4-5)8(12)9(14-7)10(15)16/h1-4,13H,(H,15,16). The first kappa shape index (κ1) is 11.0. The molecule has 4 nitrogen and oxygen atoms in total. The largest absolute Gasteiger partial charge is 0.476 e. The Labute approximate surface area is 101 Å². The SMILES string of the molecule is O=C(O)c1nc(Cl)cc(-c2cc[nH]c2)c1Cl. The Morgan fingerprint density at radius 3 is 2.75 bits per heavy atom. The zero-order chi connectivity index (χ0) is 11.7. The van der Waals surface area contributed by atoms with Gasteiger partial charge < -0.3 is 10.1 Å². The molecular weight excluding hydrogens is 251 g/mol. The summed E-state index contributed by atoms with van der Waals surface area (Å²) in [6.07, 6.45) is 3.41. The summed E-state index contributed by atoms with van der Waals surface area (Å²) < 4.78 is 0. The van der Waals surface area contributed by atoms with Gasteiger partial charge in [0.25, 0.3) is 0 Å². The van der Waals surface area contributed by atoms with E-state index in [4.69, 9.17) is 28.3 Å². The molecule has 2 heterocycles. The molecule has 2 aromatic rings. The number of rotatable bonds is 2. The van der Waals surface area contributed by atoms with Crippen molar-refractivity contribution >= 4 is 29.2 Å². The third-order valence-corrected chi connectivity index (χ3v) is 2.61. The number of halogens is 2. The summed E-state index contributed by atoms with van der Waals surface area (Å²) in [7, 11) is 0. The highest BCUT2D eigenvalue weighted by Crippen LogP contribution is 2.31. The third kappa shape index (κ3) is 1.89. The molecular formula is C10H6Cl2N2O2. The van der Waals surface area contributed by atoms with Gasteiger partial charge in [-0.1, -0.05) is 23.2 Å². The van der Waals surface area contributed by atoms with Gasteiger partial charge in [0.15, 0.2) is 5.69 Å². The van der Waals surface area contributed by atoms with Crippen molar-refractivity contribution in [3.8, 4) is 11.1 Å². The molecule has 16 heavy (non-hydrogen) atoms. The van der Waals surface area contributed by atoms with Crippen LogP contribution in [0.25, 0.3) is 11.1 Å². The molecule has 2 rings (SSSR count). The molecule has 0 fully saturated rings. The first-order chi connectivity index (χ1) is 7.59. The predicted molar refractivity (Wildman–Crippen MR) is 61.0 cm³/mol. The Morgan fingerprint density at radius 2 is 2.19 bits per heavy atom. The Hall–Kier alpha value is -1.52. The fourth-order valence-corrected chi connectivity index (χ4v) is 1.82. The Balaban J connectivity index is 2.67. The number of pyridine rings is 1. The quantitative estimate of drug-likeness (QED) is 0.812. The highest BCUT2D eigenvalue weighted by Gasteiger charge is 2.17. The van der Waals surface area contributed by atoms with Crippen LogP contribution in [0, 0.1) is 0 Å². The van der Waals surface area contributed by atoms with Gasteiger partial charge >= 0.3 is 5.97 Å². The van der Waals surface area contributed by atoms with Gasteiger partial charge in [-0.2, -0.15) is 0 Å². The van der Waals surface area contributed by atoms with Gasteiger partial charge in [0.05, 0.1) is 5.02 Å². The molecule has 82 valence electrons. The van der Waals surface area contributed by atoms with Crippen LogP contribution in [0.2, 0.25) is 10.2 Å². The molecule has 0 aliphatic carbocycles. The molecule has 0 bridgehead atoms. The van der Waals surface area contributed by atoms with Crippen LogP contribution < -0.4 is 0 Å². The summed E-state index contributed by atoms with van der Waals surface area (Å²) in [5, 5.41) is 9.07. The second-order valence-corrected chi connectivity index (χ2v) is 3.83. The van der Waals surface area contributed by atoms with Crippen molar-refractivity contribution in [2.24, 2.45) is 0 Å². The van der Waals surface area contributed by atoms with E-state index in [0.29, 0.717) is 5.56 Å². The summed E-state index contributed by atoms with van der Waals surface area (Å²) in [6, 6.07) is 3.29. The lowest BCUT2D eigenvalue weighted by molar-refractivity contribution is 0.0691. The zero-order valence-electron chi connectivity index (χ0n) is 7.87. The highest BCUT2D eigenvalue weighted by atomic mass is 35.5. The molecule has 0 aliphatic rings. The number of aromatic carboxylic acids is 1. The average Bonchev–Trinajstić information content (AvgIpc) is 2.73. The van der Waals surface area contributed by atoms with Crippen molar-refractivity contribution < 1.29 is 9.90 Å². The molecule has 2 N–H and O–H groups in total. The minimum absolute atomic E-state index is 0.0801. The molecule has 0 saturated heterocycles. The van der Waals surface area contributed by atoms with Crippen LogP contribution in [0.3, 0.4) is 0 Å². The second kappa shape index (κ2) is 4.15. The smallest absolute Gasteiger partial charge is 0.356 e. The fourth-order valence-electron chi connectivity index (χ4n) is 1.34. The van der Waals surface area contributed by atoms with E-state index in [0.717, 1.165) is 5.56 Å². The minimum atomic E-state index is -1.20. The van der Waals surface area contributed by atoms with Crippen LogP contribution >= 0.6 is 23.2 Å². The van der Waals surface area contributed by atoms with E-state index >= 15 is 0 Å². The van der Waals surface area contributed by atoms with Crippen LogP contribution in [-0.2, 0) is 0 Å². The summed E-state index contributed by atoms with van der Waals surface area (Å²) in [5.74, 6) is -1.20. The van der Waals surface area contributed by atoms with Crippen molar-refractivity contribution in [3.05, 3.63) is 40.4 Å². The molecule has 0 amide bonds. The van der Waals surface area contributed by atoms with E-state index in [-0.39, 0.29) is 15.9 Å². The van der Waals surface area contributed by atoms with Crippen LogP contribution in [0.4, 0.5) is 0 Å². The zero-order valence-corrected chi connectivity index (χ0v) is 9.38. The average molecular weight is 257 g/mol. The maximum atomic E-state index is 10.9. The maximum Gasteiger partial charge on any atom is 0.356 e. The van der Waals surface area contributed by atoms with Crippen LogP contribution in [-0.4, -0.2) is 21.0 Å². The topological polar surface area (TPSA) is 66.0 Å². The Kier molecular flexibility index (Phi) is 2.85. The lowest BCUT2D eigenvalue weighted by Gasteiger charge is -2.05. The van der Waals surface area contributed by atoms with E-state index in [1.54, 1.807) is 18.5 Å². The molecule has 0 aromatic carbocycles.